The molecule has 0 unspecified atom stereocenters. The van der Waals surface area contributed by atoms with Crippen molar-refractivity contribution in [3.05, 3.63) is 27.2 Å². The van der Waals surface area contributed by atoms with Gasteiger partial charge in [0.05, 0.1) is 5.69 Å². The van der Waals surface area contributed by atoms with Crippen molar-refractivity contribution in [2.75, 3.05) is 5.32 Å². The molecular formula is C12H14BrNO. The van der Waals surface area contributed by atoms with Crippen LogP contribution in [0.15, 0.2) is 10.5 Å². The minimum absolute atomic E-state index is 0.0169. The van der Waals surface area contributed by atoms with Gasteiger partial charge in [0.1, 0.15) is 0 Å². The fourth-order valence-electron chi connectivity index (χ4n) is 2.24. The summed E-state index contributed by atoms with van der Waals surface area (Å²) in [5.41, 5.74) is 4.99. The third kappa shape index (κ3) is 1.93. The fourth-order valence-corrected chi connectivity index (χ4v) is 2.91. The number of nitrogens with one attached hydrogen (secondary N) is 1. The number of halogens is 1. The van der Waals surface area contributed by atoms with Crippen LogP contribution in [0.5, 0.6) is 0 Å². The Labute approximate surface area is 98.2 Å². The van der Waals surface area contributed by atoms with E-state index in [0.717, 1.165) is 23.0 Å². The summed E-state index contributed by atoms with van der Waals surface area (Å²) in [4.78, 5) is 11.1. The minimum Gasteiger partial charge on any atom is -0.325 e. The Kier molecular flexibility index (Phi) is 2.83. The second-order valence-electron chi connectivity index (χ2n) is 4.03. The average Bonchev–Trinajstić information content (AvgIpc) is 2.59. The van der Waals surface area contributed by atoms with Gasteiger partial charge in [-0.15, -0.1) is 0 Å². The zero-order chi connectivity index (χ0) is 11.0. The zero-order valence-corrected chi connectivity index (χ0v) is 10.6. The van der Waals surface area contributed by atoms with Crippen molar-refractivity contribution in [1.29, 1.82) is 0 Å². The number of carbonyl (C=O) groups is 1. The van der Waals surface area contributed by atoms with Crippen molar-refractivity contribution >= 4 is 27.5 Å². The van der Waals surface area contributed by atoms with Gasteiger partial charge in [-0.2, -0.15) is 0 Å². The molecule has 0 radical (unpaired) electrons. The normalized spacial score (nSPS) is 13.8. The highest BCUT2D eigenvalue weighted by molar-refractivity contribution is 9.10. The summed E-state index contributed by atoms with van der Waals surface area (Å²) < 4.78 is 0.996. The van der Waals surface area contributed by atoms with Gasteiger partial charge in [0.15, 0.2) is 0 Å². The van der Waals surface area contributed by atoms with Crippen LogP contribution in [0.4, 0.5) is 5.69 Å². The first-order valence-electron chi connectivity index (χ1n) is 5.18. The molecule has 1 aromatic carbocycles. The molecule has 1 N–H and O–H groups in total. The van der Waals surface area contributed by atoms with E-state index in [0.29, 0.717) is 0 Å². The predicted molar refractivity (Wildman–Crippen MR) is 65.2 cm³/mol. The number of fused-ring (bicyclic) bond motifs is 1. The Morgan fingerprint density at radius 3 is 2.87 bits per heavy atom. The smallest absolute Gasteiger partial charge is 0.221 e. The summed E-state index contributed by atoms with van der Waals surface area (Å²) >= 11 is 3.51. The quantitative estimate of drug-likeness (QED) is 0.832. The van der Waals surface area contributed by atoms with E-state index in [1.807, 2.05) is 0 Å². The van der Waals surface area contributed by atoms with Gasteiger partial charge >= 0.3 is 0 Å². The molecule has 1 aliphatic carbocycles. The van der Waals surface area contributed by atoms with Crippen molar-refractivity contribution < 1.29 is 4.79 Å². The second-order valence-corrected chi connectivity index (χ2v) is 4.89. The predicted octanol–water partition coefficient (Wildman–Crippen LogP) is 3.20. The molecule has 0 aliphatic heterocycles. The van der Waals surface area contributed by atoms with E-state index in [1.165, 1.54) is 23.1 Å². The molecule has 1 aromatic rings. The summed E-state index contributed by atoms with van der Waals surface area (Å²) in [7, 11) is 0. The van der Waals surface area contributed by atoms with E-state index in [1.54, 1.807) is 6.92 Å². The van der Waals surface area contributed by atoms with Crippen LogP contribution in [0, 0.1) is 6.92 Å². The number of anilines is 1. The molecule has 1 amide bonds. The van der Waals surface area contributed by atoms with Crippen molar-refractivity contribution in [3.63, 3.8) is 0 Å². The average molecular weight is 268 g/mol. The highest BCUT2D eigenvalue weighted by atomic mass is 79.9. The van der Waals surface area contributed by atoms with Crippen LogP contribution in [-0.4, -0.2) is 5.91 Å². The van der Waals surface area contributed by atoms with E-state index in [-0.39, 0.29) is 5.91 Å². The summed E-state index contributed by atoms with van der Waals surface area (Å²) in [5, 5.41) is 2.89. The molecule has 0 fully saturated rings. The van der Waals surface area contributed by atoms with Crippen LogP contribution in [0.3, 0.4) is 0 Å². The minimum atomic E-state index is -0.0169. The van der Waals surface area contributed by atoms with Gasteiger partial charge in [-0.3, -0.25) is 4.79 Å². The van der Waals surface area contributed by atoms with Gasteiger partial charge in [0.25, 0.3) is 0 Å². The number of aryl methyl sites for hydroxylation is 1. The number of hydrogen-bond acceptors (Lipinski definition) is 1. The van der Waals surface area contributed by atoms with E-state index in [9.17, 15) is 4.79 Å². The van der Waals surface area contributed by atoms with Gasteiger partial charge in [-0.05, 0) is 64.9 Å². The summed E-state index contributed by atoms with van der Waals surface area (Å²) in [6, 6.07) is 2.14. The lowest BCUT2D eigenvalue weighted by Gasteiger charge is -2.13. The van der Waals surface area contributed by atoms with Crippen LogP contribution in [-0.2, 0) is 17.6 Å². The van der Waals surface area contributed by atoms with Crippen LogP contribution in [0.25, 0.3) is 0 Å². The lowest BCUT2D eigenvalue weighted by molar-refractivity contribution is -0.114. The first-order valence-corrected chi connectivity index (χ1v) is 5.97. The lowest BCUT2D eigenvalue weighted by atomic mass is 10.0. The number of carbonyl (C=O) groups excluding carboxylic acids is 1. The molecule has 2 rings (SSSR count). The zero-order valence-electron chi connectivity index (χ0n) is 8.98. The van der Waals surface area contributed by atoms with Gasteiger partial charge in [0.2, 0.25) is 5.91 Å². The Hall–Kier alpha value is -0.830. The number of rotatable bonds is 1. The molecule has 0 bridgehead atoms. The van der Waals surface area contributed by atoms with Crippen molar-refractivity contribution in [1.82, 2.24) is 0 Å². The molecule has 0 aromatic heterocycles. The molecule has 0 saturated heterocycles. The molecule has 0 atom stereocenters. The third-order valence-electron chi connectivity index (χ3n) is 2.93. The van der Waals surface area contributed by atoms with Crippen LogP contribution in [0.1, 0.15) is 30.0 Å². The lowest BCUT2D eigenvalue weighted by Crippen LogP contribution is -2.09. The maximum Gasteiger partial charge on any atom is 0.221 e. The highest BCUT2D eigenvalue weighted by Crippen LogP contribution is 2.35. The molecule has 0 saturated carbocycles. The highest BCUT2D eigenvalue weighted by Gasteiger charge is 2.18. The first-order chi connectivity index (χ1) is 7.09. The summed E-state index contributed by atoms with van der Waals surface area (Å²) in [6.45, 7) is 3.62. The van der Waals surface area contributed by atoms with Gasteiger partial charge in [-0.1, -0.05) is 0 Å². The summed E-state index contributed by atoms with van der Waals surface area (Å²) in [5.74, 6) is -0.0169. The Morgan fingerprint density at radius 2 is 2.20 bits per heavy atom. The maximum absolute atomic E-state index is 11.1. The largest absolute Gasteiger partial charge is 0.325 e. The Morgan fingerprint density at radius 1 is 1.47 bits per heavy atom. The first kappa shape index (κ1) is 10.7. The van der Waals surface area contributed by atoms with Crippen molar-refractivity contribution in [2.24, 2.45) is 0 Å². The molecule has 15 heavy (non-hydrogen) atoms. The Balaban J connectivity index is 2.51. The molecule has 0 heterocycles. The van der Waals surface area contributed by atoms with E-state index in [2.05, 4.69) is 34.2 Å². The second kappa shape index (κ2) is 3.97. The SMILES string of the molecule is CC(=O)Nc1c(Br)cc2c(c1C)CCC2. The molecule has 80 valence electrons. The topological polar surface area (TPSA) is 29.1 Å². The molecule has 0 spiro atoms. The van der Waals surface area contributed by atoms with Gasteiger partial charge in [0, 0.05) is 11.4 Å². The van der Waals surface area contributed by atoms with Crippen molar-refractivity contribution in [3.8, 4) is 0 Å². The third-order valence-corrected chi connectivity index (χ3v) is 3.55. The standard InChI is InChI=1S/C12H14BrNO/c1-7-10-5-3-4-9(10)6-11(13)12(7)14-8(2)15/h6H,3-5H2,1-2H3,(H,14,15). The van der Waals surface area contributed by atoms with Crippen LogP contribution < -0.4 is 5.32 Å². The van der Waals surface area contributed by atoms with Gasteiger partial charge < -0.3 is 5.32 Å². The fraction of sp³-hybridized carbons (Fsp3) is 0.417. The number of amides is 1. The molecule has 1 aliphatic rings. The van der Waals surface area contributed by atoms with E-state index < -0.39 is 0 Å². The molecular weight excluding hydrogens is 254 g/mol. The van der Waals surface area contributed by atoms with Crippen molar-refractivity contribution in [2.45, 2.75) is 33.1 Å². The molecule has 3 heteroatoms. The van der Waals surface area contributed by atoms with Crippen LogP contribution >= 0.6 is 15.9 Å². The van der Waals surface area contributed by atoms with Gasteiger partial charge in [-0.25, -0.2) is 0 Å². The van der Waals surface area contributed by atoms with E-state index >= 15 is 0 Å². The Bertz CT molecular complexity index is 426. The summed E-state index contributed by atoms with van der Waals surface area (Å²) in [6.07, 6.45) is 3.53. The maximum atomic E-state index is 11.1. The number of benzene rings is 1. The van der Waals surface area contributed by atoms with E-state index in [4.69, 9.17) is 0 Å². The number of hydrogen-bond donors (Lipinski definition) is 1. The van der Waals surface area contributed by atoms with Crippen LogP contribution in [0.2, 0.25) is 0 Å². The monoisotopic (exact) mass is 267 g/mol. The molecule has 2 nitrogen and oxygen atoms in total.